The first kappa shape index (κ1) is 17.3. The van der Waals surface area contributed by atoms with Gasteiger partial charge in [-0.2, -0.15) is 0 Å². The van der Waals surface area contributed by atoms with E-state index in [0.29, 0.717) is 31.1 Å². The number of nitrogens with two attached hydrogens (primary N) is 1. The molecule has 1 aromatic carbocycles. The number of primary amides is 1. The van der Waals surface area contributed by atoms with E-state index < -0.39 is 11.9 Å². The number of likely N-dealkylation sites (tertiary alicyclic amines) is 1. The van der Waals surface area contributed by atoms with Crippen molar-refractivity contribution in [3.8, 4) is 0 Å². The number of hydrogen-bond donors (Lipinski definition) is 1. The number of hydrogen-bond acceptors (Lipinski definition) is 3. The van der Waals surface area contributed by atoms with Crippen LogP contribution in [0.5, 0.6) is 0 Å². The molecule has 4 nitrogen and oxygen atoms in total. The van der Waals surface area contributed by atoms with Crippen LogP contribution >= 0.6 is 27.7 Å². The number of piperidine rings is 1. The number of nitrogens with zero attached hydrogens (tertiary/aromatic N) is 1. The van der Waals surface area contributed by atoms with Crippen LogP contribution in [-0.4, -0.2) is 35.1 Å². The van der Waals surface area contributed by atoms with Gasteiger partial charge in [0.05, 0.1) is 0 Å². The van der Waals surface area contributed by atoms with Crippen molar-refractivity contribution < 1.29 is 9.59 Å². The third-order valence-electron chi connectivity index (χ3n) is 3.92. The lowest BCUT2D eigenvalue weighted by Gasteiger charge is -2.36. The van der Waals surface area contributed by atoms with Gasteiger partial charge < -0.3 is 10.6 Å². The highest BCUT2D eigenvalue weighted by Crippen LogP contribution is 2.28. The van der Waals surface area contributed by atoms with E-state index in [-0.39, 0.29) is 5.91 Å². The standard InChI is InChI=1S/C16H21BrN2O2S/c1-11-6-8-19(13(10-11)16(18)21)15(20)7-9-22-14-5-3-2-4-12(14)17/h2-5,11,13H,6-10H2,1H3,(H2,18,21). The van der Waals surface area contributed by atoms with Crippen molar-refractivity contribution in [3.63, 3.8) is 0 Å². The minimum Gasteiger partial charge on any atom is -0.368 e. The molecule has 2 N–H and O–H groups in total. The molecule has 22 heavy (non-hydrogen) atoms. The van der Waals surface area contributed by atoms with Gasteiger partial charge in [-0.25, -0.2) is 0 Å². The Balaban J connectivity index is 1.88. The minimum atomic E-state index is -0.440. The second-order valence-corrected chi connectivity index (χ2v) is 7.65. The maximum absolute atomic E-state index is 12.4. The van der Waals surface area contributed by atoms with E-state index in [1.54, 1.807) is 16.7 Å². The molecule has 1 aliphatic heterocycles. The van der Waals surface area contributed by atoms with Crippen LogP contribution in [0.3, 0.4) is 0 Å². The lowest BCUT2D eigenvalue weighted by molar-refractivity contribution is -0.141. The van der Waals surface area contributed by atoms with Crippen molar-refractivity contribution in [2.45, 2.75) is 37.1 Å². The summed E-state index contributed by atoms with van der Waals surface area (Å²) in [6.45, 7) is 2.73. The maximum atomic E-state index is 12.4. The maximum Gasteiger partial charge on any atom is 0.240 e. The van der Waals surface area contributed by atoms with Gasteiger partial charge in [-0.05, 0) is 46.8 Å². The predicted molar refractivity (Wildman–Crippen MR) is 92.6 cm³/mol. The Kier molecular flexibility index (Phi) is 6.32. The van der Waals surface area contributed by atoms with E-state index in [1.807, 2.05) is 24.3 Å². The van der Waals surface area contributed by atoms with Crippen LogP contribution in [0, 0.1) is 5.92 Å². The highest BCUT2D eigenvalue weighted by molar-refractivity contribution is 9.10. The molecule has 2 amide bonds. The Morgan fingerprint density at radius 2 is 2.14 bits per heavy atom. The summed E-state index contributed by atoms with van der Waals surface area (Å²) in [6, 6.07) is 7.51. The van der Waals surface area contributed by atoms with Crippen LogP contribution in [0.25, 0.3) is 0 Å². The second kappa shape index (κ2) is 8.02. The molecule has 1 saturated heterocycles. The van der Waals surface area contributed by atoms with Crippen molar-refractivity contribution in [1.82, 2.24) is 4.90 Å². The van der Waals surface area contributed by atoms with Crippen LogP contribution < -0.4 is 5.73 Å². The fourth-order valence-corrected chi connectivity index (χ4v) is 4.17. The number of thioether (sulfide) groups is 1. The van der Waals surface area contributed by atoms with Gasteiger partial charge in [0, 0.05) is 28.1 Å². The van der Waals surface area contributed by atoms with Crippen molar-refractivity contribution >= 4 is 39.5 Å². The molecule has 1 aliphatic rings. The number of carbonyl (C=O) groups excluding carboxylic acids is 2. The average molecular weight is 385 g/mol. The SMILES string of the molecule is CC1CCN(C(=O)CCSc2ccccc2Br)C(C(N)=O)C1. The molecular weight excluding hydrogens is 364 g/mol. The van der Waals surface area contributed by atoms with Crippen LogP contribution in [0.4, 0.5) is 0 Å². The molecule has 0 bridgehead atoms. The van der Waals surface area contributed by atoms with Crippen LogP contribution in [0.15, 0.2) is 33.6 Å². The van der Waals surface area contributed by atoms with Gasteiger partial charge in [0.25, 0.3) is 0 Å². The van der Waals surface area contributed by atoms with E-state index in [0.717, 1.165) is 15.8 Å². The Morgan fingerprint density at radius 1 is 1.41 bits per heavy atom. The molecule has 120 valence electrons. The number of rotatable bonds is 5. The molecule has 0 aromatic heterocycles. The van der Waals surface area contributed by atoms with Gasteiger partial charge in [0.2, 0.25) is 11.8 Å². The normalized spacial score (nSPS) is 21.6. The van der Waals surface area contributed by atoms with Gasteiger partial charge >= 0.3 is 0 Å². The van der Waals surface area contributed by atoms with Crippen molar-refractivity contribution in [1.29, 1.82) is 0 Å². The van der Waals surface area contributed by atoms with Gasteiger partial charge in [-0.15, -0.1) is 11.8 Å². The minimum absolute atomic E-state index is 0.0234. The van der Waals surface area contributed by atoms with Gasteiger partial charge in [0.15, 0.2) is 0 Å². The molecule has 0 saturated carbocycles. The molecular formula is C16H21BrN2O2S. The molecule has 2 unspecified atom stereocenters. The summed E-state index contributed by atoms with van der Waals surface area (Å²) in [6.07, 6.45) is 2.04. The van der Waals surface area contributed by atoms with E-state index in [4.69, 9.17) is 5.73 Å². The van der Waals surface area contributed by atoms with Crippen LogP contribution in [0.2, 0.25) is 0 Å². The first-order chi connectivity index (χ1) is 10.5. The smallest absolute Gasteiger partial charge is 0.240 e. The summed E-state index contributed by atoms with van der Waals surface area (Å²) in [5.41, 5.74) is 5.45. The van der Waals surface area contributed by atoms with E-state index >= 15 is 0 Å². The number of benzene rings is 1. The van der Waals surface area contributed by atoms with Crippen molar-refractivity contribution in [3.05, 3.63) is 28.7 Å². The van der Waals surface area contributed by atoms with E-state index in [2.05, 4.69) is 22.9 Å². The van der Waals surface area contributed by atoms with Crippen LogP contribution in [0.1, 0.15) is 26.2 Å². The van der Waals surface area contributed by atoms with E-state index in [1.165, 1.54) is 0 Å². The third kappa shape index (κ3) is 4.49. The van der Waals surface area contributed by atoms with Gasteiger partial charge in [0.1, 0.15) is 6.04 Å². The molecule has 1 heterocycles. The summed E-state index contributed by atoms with van der Waals surface area (Å²) < 4.78 is 1.04. The first-order valence-corrected chi connectivity index (χ1v) is 9.23. The summed E-state index contributed by atoms with van der Waals surface area (Å²) in [7, 11) is 0. The number of carbonyl (C=O) groups is 2. The van der Waals surface area contributed by atoms with E-state index in [9.17, 15) is 9.59 Å². The fourth-order valence-electron chi connectivity index (χ4n) is 2.66. The quantitative estimate of drug-likeness (QED) is 0.793. The van der Waals surface area contributed by atoms with Gasteiger partial charge in [-0.3, -0.25) is 9.59 Å². The summed E-state index contributed by atoms with van der Waals surface area (Å²) in [5, 5.41) is 0. The molecule has 0 radical (unpaired) electrons. The summed E-state index contributed by atoms with van der Waals surface area (Å²) >= 11 is 5.14. The molecule has 0 spiro atoms. The monoisotopic (exact) mass is 384 g/mol. The Hall–Kier alpha value is -1.01. The zero-order valence-corrected chi connectivity index (χ0v) is 15.0. The molecule has 1 aromatic rings. The zero-order valence-electron chi connectivity index (χ0n) is 12.6. The molecule has 2 atom stereocenters. The number of amides is 2. The first-order valence-electron chi connectivity index (χ1n) is 7.45. The van der Waals surface area contributed by atoms with Gasteiger partial charge in [-0.1, -0.05) is 19.1 Å². The highest BCUT2D eigenvalue weighted by Gasteiger charge is 2.33. The summed E-state index contributed by atoms with van der Waals surface area (Å²) in [5.74, 6) is 0.767. The Bertz CT molecular complexity index is 553. The average Bonchev–Trinajstić information content (AvgIpc) is 2.49. The second-order valence-electron chi connectivity index (χ2n) is 5.66. The molecule has 0 aliphatic carbocycles. The molecule has 1 fully saturated rings. The Labute approximate surface area is 143 Å². The predicted octanol–water partition coefficient (Wildman–Crippen LogP) is 3.04. The number of halogens is 1. The lowest BCUT2D eigenvalue weighted by Crippen LogP contribution is -2.52. The fraction of sp³-hybridized carbons (Fsp3) is 0.500. The summed E-state index contributed by atoms with van der Waals surface area (Å²) in [4.78, 5) is 26.7. The van der Waals surface area contributed by atoms with Crippen LogP contribution in [-0.2, 0) is 9.59 Å². The highest BCUT2D eigenvalue weighted by atomic mass is 79.9. The lowest BCUT2D eigenvalue weighted by atomic mass is 9.92. The Morgan fingerprint density at radius 3 is 2.82 bits per heavy atom. The topological polar surface area (TPSA) is 63.4 Å². The van der Waals surface area contributed by atoms with Crippen molar-refractivity contribution in [2.24, 2.45) is 11.7 Å². The molecule has 2 rings (SSSR count). The largest absolute Gasteiger partial charge is 0.368 e. The molecule has 6 heteroatoms. The van der Waals surface area contributed by atoms with Crippen molar-refractivity contribution in [2.75, 3.05) is 12.3 Å². The zero-order chi connectivity index (χ0) is 16.1. The third-order valence-corrected chi connectivity index (χ3v) is 5.95.